The number of aliphatic hydroxyl groups excluding tert-OH is 3. The quantitative estimate of drug-likeness (QED) is 0.0192. The number of thiol groups is 1. The van der Waals surface area contributed by atoms with E-state index < -0.39 is 91.2 Å². The first kappa shape index (κ1) is 54.7. The molecule has 0 aromatic rings. The number of aliphatic hydroxyl groups is 3. The largest absolute Gasteiger partial charge is 0.481 e. The fraction of sp³-hybridized carbons (Fsp3) is 0.706. The molecule has 0 spiro atoms. The first-order chi connectivity index (χ1) is 26.7. The number of phosphoric ester groups is 3. The van der Waals surface area contributed by atoms with Gasteiger partial charge in [-0.15, -0.1) is 6.42 Å². The van der Waals surface area contributed by atoms with E-state index in [1.54, 1.807) is 0 Å². The molecular formula is C34H63O19P3S. The van der Waals surface area contributed by atoms with E-state index in [4.69, 9.17) is 35.8 Å². The van der Waals surface area contributed by atoms with Gasteiger partial charge in [0.25, 0.3) is 0 Å². The van der Waals surface area contributed by atoms with Crippen LogP contribution in [-0.2, 0) is 46.1 Å². The van der Waals surface area contributed by atoms with Crippen molar-refractivity contribution in [3.8, 4) is 47.2 Å². The van der Waals surface area contributed by atoms with Crippen LogP contribution in [-0.4, -0.2) is 106 Å². The third-order valence-corrected chi connectivity index (χ3v) is 9.91. The van der Waals surface area contributed by atoms with Gasteiger partial charge >= 0.3 is 35.4 Å². The van der Waals surface area contributed by atoms with Crippen LogP contribution in [0, 0.1) is 47.2 Å². The fourth-order valence-electron chi connectivity index (χ4n) is 5.24. The lowest BCUT2D eigenvalue weighted by atomic mass is 9.85. The normalized spacial score (nSPS) is 21.9. The summed E-state index contributed by atoms with van der Waals surface area (Å²) in [6.45, 7) is 1.14. The summed E-state index contributed by atoms with van der Waals surface area (Å²) in [5.74, 6) is 11.8. The van der Waals surface area contributed by atoms with Crippen LogP contribution in [0.5, 0.6) is 0 Å². The van der Waals surface area contributed by atoms with Crippen molar-refractivity contribution in [2.24, 2.45) is 0 Å². The van der Waals surface area contributed by atoms with Gasteiger partial charge in [-0.05, 0) is 47.2 Å². The Bertz CT molecular complexity index is 1580. The van der Waals surface area contributed by atoms with Crippen molar-refractivity contribution in [3.05, 3.63) is 0 Å². The lowest BCUT2D eigenvalue weighted by Crippen LogP contribution is -2.65. The van der Waals surface area contributed by atoms with Gasteiger partial charge in [0.05, 0.1) is 13.0 Å². The fourth-order valence-corrected chi connectivity index (χ4v) is 7.40. The molecule has 1 fully saturated rings. The number of terminal acetylenes is 1. The molecule has 0 aromatic heterocycles. The predicted octanol–water partition coefficient (Wildman–Crippen LogP) is 4.16. The second-order valence-corrected chi connectivity index (χ2v) is 16.5. The Labute approximate surface area is 345 Å². The molecule has 1 rings (SSSR count). The summed E-state index contributed by atoms with van der Waals surface area (Å²) in [5, 5.41) is 42.6. The lowest BCUT2D eigenvalue weighted by molar-refractivity contribution is -0.213. The number of phosphoric acid groups is 3. The molecule has 1 aliphatic rings. The maximum absolute atomic E-state index is 12.7. The standard InChI is InChI=1S/C26H51O19P3.C8H2S.5H2/c1-2-3-4-5-6-7-8-9-10-11-12-13-14-15-20(29)42-18(16-19(27)28)17-41-48(39,40)45-26-22(31)24(43-46(33,34)35)21(30)25(23(26)32)44-47(36,37)38;1-2-3-4-5-6-7-8-9;;;;;/h18,21-26,30-32H,2-17H2,1H3,(H,27,28)(H,39,40)(H2,33,34,35)(H2,36,37,38);1,9H;5*1H/t18-,21?,22+,23?,24?,25-,26?;;;;;;/m1....../s1. The number of unbranched alkanes of at least 4 members (excludes halogenated alkanes) is 12. The Hall–Kier alpha value is -2.26. The molecule has 5 unspecified atom stereocenters. The molecule has 0 radical (unpaired) electrons. The van der Waals surface area contributed by atoms with Gasteiger partial charge in [0, 0.05) is 13.6 Å². The average molecular weight is 901 g/mol. The molecule has 9 N–H and O–H groups in total. The molecule has 1 aliphatic carbocycles. The van der Waals surface area contributed by atoms with E-state index in [2.05, 4.69) is 78.4 Å². The van der Waals surface area contributed by atoms with Crippen molar-refractivity contribution < 1.29 is 98.1 Å². The highest BCUT2D eigenvalue weighted by Gasteiger charge is 2.56. The minimum Gasteiger partial charge on any atom is -0.481 e. The molecule has 0 heterocycles. The second-order valence-electron chi connectivity index (χ2n) is 12.5. The molecule has 0 bridgehead atoms. The van der Waals surface area contributed by atoms with Crippen LogP contribution in [0.2, 0.25) is 0 Å². The van der Waals surface area contributed by atoms with Crippen LogP contribution in [0.4, 0.5) is 0 Å². The van der Waals surface area contributed by atoms with E-state index in [0.717, 1.165) is 32.1 Å². The number of aliphatic carboxylic acids is 1. The number of esters is 1. The summed E-state index contributed by atoms with van der Waals surface area (Å²) in [7, 11) is -16.6. The predicted molar refractivity (Wildman–Crippen MR) is 217 cm³/mol. The SMILES string of the molecule is C#CC#CC#CC#CS.CCCCCCCCCCCCCCCC(=O)O[C@@H](COP(=O)(O)OC1C(O)[C@H](OP(=O)(O)O)C(O)C(OP(=O)(O)O)[C@@H]1O)CC(=O)O.[HH].[HH].[HH].[HH].[HH]. The monoisotopic (exact) mass is 900 g/mol. The van der Waals surface area contributed by atoms with Crippen LogP contribution >= 0.6 is 36.1 Å². The minimum absolute atomic E-state index is 0. The molecular weight excluding hydrogens is 837 g/mol. The van der Waals surface area contributed by atoms with E-state index in [1.807, 2.05) is 0 Å². The molecule has 1 saturated carbocycles. The van der Waals surface area contributed by atoms with Gasteiger partial charge in [0.1, 0.15) is 42.7 Å². The molecule has 0 aliphatic heterocycles. The lowest BCUT2D eigenvalue weighted by Gasteiger charge is -2.44. The number of carbonyl (C=O) groups excluding carboxylic acids is 1. The summed E-state index contributed by atoms with van der Waals surface area (Å²) < 4.78 is 58.2. The number of carbonyl (C=O) groups is 2. The Kier molecular flexibility index (Phi) is 28.7. The number of ether oxygens (including phenoxy) is 1. The summed E-state index contributed by atoms with van der Waals surface area (Å²) in [6.07, 6.45) is 1.31. The van der Waals surface area contributed by atoms with Gasteiger partial charge in [-0.25, -0.2) is 13.7 Å². The van der Waals surface area contributed by atoms with Gasteiger partial charge in [0.15, 0.2) is 0 Å². The van der Waals surface area contributed by atoms with Crippen molar-refractivity contribution >= 4 is 48.0 Å². The van der Waals surface area contributed by atoms with E-state index >= 15 is 0 Å². The smallest absolute Gasteiger partial charge is 0.472 e. The molecule has 334 valence electrons. The first-order valence-electron chi connectivity index (χ1n) is 17.9. The van der Waals surface area contributed by atoms with Crippen molar-refractivity contribution in [2.45, 2.75) is 146 Å². The average Bonchev–Trinajstić information content (AvgIpc) is 3.11. The molecule has 19 nitrogen and oxygen atoms in total. The van der Waals surface area contributed by atoms with Gasteiger partial charge in [-0.2, -0.15) is 0 Å². The van der Waals surface area contributed by atoms with Crippen molar-refractivity contribution in [1.29, 1.82) is 0 Å². The van der Waals surface area contributed by atoms with Gasteiger partial charge < -0.3 is 49.6 Å². The summed E-state index contributed by atoms with van der Waals surface area (Å²) in [4.78, 5) is 70.2. The third kappa shape index (κ3) is 28.0. The van der Waals surface area contributed by atoms with Crippen molar-refractivity contribution in [1.82, 2.24) is 0 Å². The molecule has 57 heavy (non-hydrogen) atoms. The van der Waals surface area contributed by atoms with Gasteiger partial charge in [-0.3, -0.25) is 27.7 Å². The highest BCUT2D eigenvalue weighted by Crippen LogP contribution is 2.51. The number of hydrogen-bond donors (Lipinski definition) is 10. The molecule has 0 amide bonds. The second kappa shape index (κ2) is 29.9. The van der Waals surface area contributed by atoms with Crippen molar-refractivity contribution in [3.63, 3.8) is 0 Å². The molecule has 0 aromatic carbocycles. The van der Waals surface area contributed by atoms with E-state index in [0.29, 0.717) is 6.42 Å². The highest BCUT2D eigenvalue weighted by molar-refractivity contribution is 7.85. The summed E-state index contributed by atoms with van der Waals surface area (Å²) in [5.41, 5.74) is 0. The number of carboxylic acid groups (broad SMARTS) is 1. The first-order valence-corrected chi connectivity index (χ1v) is 22.9. The Morgan fingerprint density at radius 1 is 0.684 bits per heavy atom. The van der Waals surface area contributed by atoms with Gasteiger partial charge in [0.2, 0.25) is 0 Å². The van der Waals surface area contributed by atoms with Crippen molar-refractivity contribution in [2.75, 3.05) is 6.61 Å². The zero-order valence-corrected chi connectivity index (χ0v) is 34.9. The van der Waals surface area contributed by atoms with Crippen LogP contribution in [0.1, 0.15) is 110 Å². The molecule has 8 atom stereocenters. The van der Waals surface area contributed by atoms with E-state index in [9.17, 15) is 43.5 Å². The Morgan fingerprint density at radius 3 is 1.49 bits per heavy atom. The van der Waals surface area contributed by atoms with Crippen LogP contribution < -0.4 is 0 Å². The molecule has 23 heteroatoms. The third-order valence-electron chi connectivity index (χ3n) is 7.78. The maximum atomic E-state index is 12.7. The zero-order valence-electron chi connectivity index (χ0n) is 31.3. The van der Waals surface area contributed by atoms with Crippen LogP contribution in [0.15, 0.2) is 0 Å². The minimum atomic E-state index is -5.53. The zero-order chi connectivity index (χ0) is 43.5. The Balaban J connectivity index is -0.000000501. The number of carboxylic acids is 1. The number of hydrogen-bond acceptors (Lipinski definition) is 14. The number of rotatable bonds is 26. The molecule has 0 saturated heterocycles. The topological polar surface area (TPSA) is 314 Å². The van der Waals surface area contributed by atoms with E-state index in [-0.39, 0.29) is 13.6 Å². The van der Waals surface area contributed by atoms with Gasteiger partial charge in [-0.1, -0.05) is 96.6 Å². The summed E-state index contributed by atoms with van der Waals surface area (Å²) in [6, 6.07) is 0. The van der Waals surface area contributed by atoms with Crippen LogP contribution in [0.3, 0.4) is 0 Å². The Morgan fingerprint density at radius 2 is 1.09 bits per heavy atom. The summed E-state index contributed by atoms with van der Waals surface area (Å²) >= 11 is 3.59. The van der Waals surface area contributed by atoms with Crippen LogP contribution in [0.25, 0.3) is 0 Å². The maximum Gasteiger partial charge on any atom is 0.472 e. The highest BCUT2D eigenvalue weighted by atomic mass is 32.1. The van der Waals surface area contributed by atoms with E-state index in [1.165, 1.54) is 44.9 Å².